The van der Waals surface area contributed by atoms with Crippen molar-refractivity contribution in [3.63, 3.8) is 0 Å². The second-order valence-corrected chi connectivity index (χ2v) is 7.10. The van der Waals surface area contributed by atoms with Crippen molar-refractivity contribution in [2.75, 3.05) is 0 Å². The number of benzene rings is 1. The SMILES string of the molecule is Cc1cc(OCc2ccc(Br)cn2)cc(C)c1S(N)(=O)=O. The van der Waals surface area contributed by atoms with E-state index in [9.17, 15) is 8.42 Å². The van der Waals surface area contributed by atoms with Crippen LogP contribution >= 0.6 is 15.9 Å². The summed E-state index contributed by atoms with van der Waals surface area (Å²) < 4.78 is 29.6. The summed E-state index contributed by atoms with van der Waals surface area (Å²) in [4.78, 5) is 4.36. The molecule has 112 valence electrons. The van der Waals surface area contributed by atoms with Crippen LogP contribution in [-0.2, 0) is 16.6 Å². The highest BCUT2D eigenvalue weighted by atomic mass is 79.9. The molecule has 0 atom stereocenters. The van der Waals surface area contributed by atoms with Crippen molar-refractivity contribution >= 4 is 26.0 Å². The van der Waals surface area contributed by atoms with E-state index in [1.807, 2.05) is 12.1 Å². The molecule has 0 radical (unpaired) electrons. The van der Waals surface area contributed by atoms with Crippen LogP contribution in [0.4, 0.5) is 0 Å². The van der Waals surface area contributed by atoms with E-state index in [-0.39, 0.29) is 4.90 Å². The van der Waals surface area contributed by atoms with Crippen molar-refractivity contribution in [3.8, 4) is 5.75 Å². The van der Waals surface area contributed by atoms with E-state index in [1.54, 1.807) is 32.2 Å². The Balaban J connectivity index is 2.21. The molecule has 0 amide bonds. The van der Waals surface area contributed by atoms with Gasteiger partial charge in [-0.3, -0.25) is 4.98 Å². The zero-order valence-electron chi connectivity index (χ0n) is 11.6. The first kappa shape index (κ1) is 15.9. The number of aryl methyl sites for hydroxylation is 2. The lowest BCUT2D eigenvalue weighted by atomic mass is 10.1. The van der Waals surface area contributed by atoms with Crippen LogP contribution in [0.2, 0.25) is 0 Å². The van der Waals surface area contributed by atoms with Crippen molar-refractivity contribution in [1.29, 1.82) is 0 Å². The van der Waals surface area contributed by atoms with E-state index < -0.39 is 10.0 Å². The van der Waals surface area contributed by atoms with E-state index in [1.165, 1.54) is 0 Å². The Hall–Kier alpha value is -1.44. The van der Waals surface area contributed by atoms with Gasteiger partial charge in [0.25, 0.3) is 0 Å². The molecule has 1 heterocycles. The Kier molecular flexibility index (Phi) is 4.65. The van der Waals surface area contributed by atoms with Gasteiger partial charge in [0.2, 0.25) is 10.0 Å². The fraction of sp³-hybridized carbons (Fsp3) is 0.214. The molecule has 21 heavy (non-hydrogen) atoms. The number of sulfonamides is 1. The first-order chi connectivity index (χ1) is 9.77. The Bertz CT molecular complexity index is 735. The third-order valence-corrected chi connectivity index (χ3v) is 4.58. The predicted octanol–water partition coefficient (Wildman–Crippen LogP) is 2.69. The van der Waals surface area contributed by atoms with Gasteiger partial charge in [0.05, 0.1) is 10.6 Å². The molecular weight excluding hydrogens is 356 g/mol. The highest BCUT2D eigenvalue weighted by Crippen LogP contribution is 2.25. The quantitative estimate of drug-likeness (QED) is 0.896. The summed E-state index contributed by atoms with van der Waals surface area (Å²) in [5.41, 5.74) is 1.91. The monoisotopic (exact) mass is 370 g/mol. The molecule has 0 bridgehead atoms. The Morgan fingerprint density at radius 1 is 1.24 bits per heavy atom. The molecule has 0 aliphatic rings. The van der Waals surface area contributed by atoms with Crippen molar-refractivity contribution in [1.82, 2.24) is 4.98 Å². The van der Waals surface area contributed by atoms with Gasteiger partial charge in [-0.1, -0.05) is 0 Å². The summed E-state index contributed by atoms with van der Waals surface area (Å²) in [6, 6.07) is 7.05. The maximum Gasteiger partial charge on any atom is 0.238 e. The maximum absolute atomic E-state index is 11.5. The smallest absolute Gasteiger partial charge is 0.238 e. The van der Waals surface area contributed by atoms with E-state index >= 15 is 0 Å². The average Bonchev–Trinajstić information content (AvgIpc) is 2.35. The first-order valence-electron chi connectivity index (χ1n) is 6.14. The van der Waals surface area contributed by atoms with Crippen molar-refractivity contribution in [2.45, 2.75) is 25.3 Å². The van der Waals surface area contributed by atoms with Crippen LogP contribution in [0.3, 0.4) is 0 Å². The topological polar surface area (TPSA) is 82.3 Å². The number of hydrogen-bond acceptors (Lipinski definition) is 4. The van der Waals surface area contributed by atoms with Crippen LogP contribution < -0.4 is 9.88 Å². The van der Waals surface area contributed by atoms with E-state index in [0.717, 1.165) is 10.2 Å². The first-order valence-corrected chi connectivity index (χ1v) is 8.48. The highest BCUT2D eigenvalue weighted by molar-refractivity contribution is 9.10. The average molecular weight is 371 g/mol. The van der Waals surface area contributed by atoms with Gasteiger partial charge in [-0.25, -0.2) is 13.6 Å². The summed E-state index contributed by atoms with van der Waals surface area (Å²) in [7, 11) is -3.73. The second-order valence-electron chi connectivity index (χ2n) is 4.69. The molecule has 2 rings (SSSR count). The largest absolute Gasteiger partial charge is 0.487 e. The number of nitrogens with two attached hydrogens (primary N) is 1. The molecule has 0 saturated heterocycles. The van der Waals surface area contributed by atoms with Crippen LogP contribution in [0.15, 0.2) is 39.8 Å². The molecule has 0 aliphatic heterocycles. The van der Waals surface area contributed by atoms with Crippen LogP contribution in [0, 0.1) is 13.8 Å². The molecule has 0 spiro atoms. The predicted molar refractivity (Wildman–Crippen MR) is 83.6 cm³/mol. The molecule has 2 N–H and O–H groups in total. The number of halogens is 1. The summed E-state index contributed by atoms with van der Waals surface area (Å²) >= 11 is 3.32. The van der Waals surface area contributed by atoms with Gasteiger partial charge in [0.15, 0.2) is 0 Å². The summed E-state index contributed by atoms with van der Waals surface area (Å²) in [5.74, 6) is 0.585. The molecule has 0 saturated carbocycles. The minimum absolute atomic E-state index is 0.150. The van der Waals surface area contributed by atoms with E-state index in [2.05, 4.69) is 20.9 Å². The van der Waals surface area contributed by atoms with Gasteiger partial charge in [-0.2, -0.15) is 0 Å². The standard InChI is InChI=1S/C14H15BrN2O3S/c1-9-5-13(6-10(2)14(9)21(16,18)19)20-8-12-4-3-11(15)7-17-12/h3-7H,8H2,1-2H3,(H2,16,18,19). The number of ether oxygens (including phenoxy) is 1. The number of aromatic nitrogens is 1. The normalized spacial score (nSPS) is 11.4. The molecule has 0 fully saturated rings. The number of pyridine rings is 1. The van der Waals surface area contributed by atoms with Gasteiger partial charge >= 0.3 is 0 Å². The van der Waals surface area contributed by atoms with Crippen LogP contribution in [0.5, 0.6) is 5.75 Å². The van der Waals surface area contributed by atoms with E-state index in [4.69, 9.17) is 9.88 Å². The van der Waals surface area contributed by atoms with Crippen LogP contribution in [-0.4, -0.2) is 13.4 Å². The van der Waals surface area contributed by atoms with Gasteiger partial charge in [-0.15, -0.1) is 0 Å². The summed E-state index contributed by atoms with van der Waals surface area (Å²) in [6.07, 6.45) is 1.69. The lowest BCUT2D eigenvalue weighted by Gasteiger charge is -2.12. The Morgan fingerprint density at radius 2 is 1.86 bits per heavy atom. The lowest BCUT2D eigenvalue weighted by Crippen LogP contribution is -2.15. The van der Waals surface area contributed by atoms with Crippen molar-refractivity contribution in [2.24, 2.45) is 5.14 Å². The minimum atomic E-state index is -3.73. The summed E-state index contributed by atoms with van der Waals surface area (Å²) in [5, 5.41) is 5.20. The Labute approximate surface area is 132 Å². The zero-order chi connectivity index (χ0) is 15.6. The van der Waals surface area contributed by atoms with Crippen molar-refractivity contribution in [3.05, 3.63) is 51.8 Å². The number of primary sulfonamides is 1. The maximum atomic E-state index is 11.5. The molecule has 1 aromatic carbocycles. The molecule has 2 aromatic rings. The fourth-order valence-electron chi connectivity index (χ4n) is 2.09. The van der Waals surface area contributed by atoms with Gasteiger partial charge in [0, 0.05) is 10.7 Å². The minimum Gasteiger partial charge on any atom is -0.487 e. The van der Waals surface area contributed by atoms with E-state index in [0.29, 0.717) is 23.5 Å². The Morgan fingerprint density at radius 3 is 2.33 bits per heavy atom. The van der Waals surface area contributed by atoms with Gasteiger partial charge in [0.1, 0.15) is 12.4 Å². The zero-order valence-corrected chi connectivity index (χ0v) is 14.0. The third-order valence-electron chi connectivity index (χ3n) is 2.89. The molecule has 0 unspecified atom stereocenters. The molecule has 1 aromatic heterocycles. The lowest BCUT2D eigenvalue weighted by molar-refractivity contribution is 0.300. The highest BCUT2D eigenvalue weighted by Gasteiger charge is 2.16. The summed E-state index contributed by atoms with van der Waals surface area (Å²) in [6.45, 7) is 3.69. The van der Waals surface area contributed by atoms with Crippen LogP contribution in [0.25, 0.3) is 0 Å². The molecular formula is C14H15BrN2O3S. The molecule has 7 heteroatoms. The van der Waals surface area contributed by atoms with Gasteiger partial charge in [-0.05, 0) is 65.2 Å². The number of hydrogen-bond donors (Lipinski definition) is 1. The van der Waals surface area contributed by atoms with Crippen LogP contribution in [0.1, 0.15) is 16.8 Å². The van der Waals surface area contributed by atoms with Gasteiger partial charge < -0.3 is 4.74 Å². The number of rotatable bonds is 4. The third kappa shape index (κ3) is 4.03. The molecule has 5 nitrogen and oxygen atoms in total. The van der Waals surface area contributed by atoms with Crippen molar-refractivity contribution < 1.29 is 13.2 Å². The number of nitrogens with zero attached hydrogens (tertiary/aromatic N) is 1. The second kappa shape index (κ2) is 6.13. The fourth-order valence-corrected chi connectivity index (χ4v) is 3.34. The molecule has 0 aliphatic carbocycles.